The molecule has 0 atom stereocenters. The fourth-order valence-electron chi connectivity index (χ4n) is 2.76. The van der Waals surface area contributed by atoms with Crippen molar-refractivity contribution in [2.24, 2.45) is 5.10 Å². The first-order valence-corrected chi connectivity index (χ1v) is 10.2. The van der Waals surface area contributed by atoms with Crippen LogP contribution in [-0.2, 0) is 0 Å². The first-order chi connectivity index (χ1) is 15.0. The Morgan fingerprint density at radius 3 is 2.71 bits per heavy atom. The normalized spacial score (nSPS) is 12.1. The molecule has 4 rings (SSSR count). The van der Waals surface area contributed by atoms with Crippen molar-refractivity contribution in [3.05, 3.63) is 86.8 Å². The summed E-state index contributed by atoms with van der Waals surface area (Å²) in [6.07, 6.45) is 1.38. The number of esters is 1. The molecule has 156 valence electrons. The predicted octanol–water partition coefficient (Wildman–Crippen LogP) is 4.81. The Morgan fingerprint density at radius 2 is 1.87 bits per heavy atom. The van der Waals surface area contributed by atoms with Crippen LogP contribution in [0.4, 0.5) is 0 Å². The zero-order valence-corrected chi connectivity index (χ0v) is 18.1. The van der Waals surface area contributed by atoms with E-state index in [1.165, 1.54) is 6.21 Å². The number of nitrogens with one attached hydrogen (secondary N) is 1. The van der Waals surface area contributed by atoms with Crippen molar-refractivity contribution < 1.29 is 23.8 Å². The van der Waals surface area contributed by atoms with Crippen molar-refractivity contribution in [1.82, 2.24) is 5.43 Å². The molecule has 1 aliphatic rings. The number of benzene rings is 3. The van der Waals surface area contributed by atoms with Gasteiger partial charge in [0, 0.05) is 15.6 Å². The first kappa shape index (κ1) is 20.9. The minimum absolute atomic E-state index is 0.122. The van der Waals surface area contributed by atoms with Gasteiger partial charge in [-0.1, -0.05) is 39.7 Å². The van der Waals surface area contributed by atoms with E-state index in [9.17, 15) is 9.59 Å². The second-order valence-corrected chi connectivity index (χ2v) is 7.64. The molecule has 1 aliphatic heterocycles. The van der Waals surface area contributed by atoms with E-state index in [0.717, 1.165) is 4.47 Å². The maximum absolute atomic E-state index is 12.5. The highest BCUT2D eigenvalue weighted by atomic mass is 79.9. The molecule has 9 heteroatoms. The van der Waals surface area contributed by atoms with Gasteiger partial charge in [-0.3, -0.25) is 4.79 Å². The van der Waals surface area contributed by atoms with Crippen LogP contribution in [0.5, 0.6) is 17.2 Å². The lowest BCUT2D eigenvalue weighted by atomic mass is 10.2. The summed E-state index contributed by atoms with van der Waals surface area (Å²) < 4.78 is 16.7. The summed E-state index contributed by atoms with van der Waals surface area (Å²) >= 11 is 9.43. The minimum Gasteiger partial charge on any atom is -0.454 e. The van der Waals surface area contributed by atoms with Crippen molar-refractivity contribution in [2.45, 2.75) is 0 Å². The number of fused-ring (bicyclic) bond motifs is 1. The molecule has 0 saturated carbocycles. The molecule has 3 aromatic carbocycles. The molecule has 7 nitrogen and oxygen atoms in total. The molecule has 0 aromatic heterocycles. The topological polar surface area (TPSA) is 86.2 Å². The van der Waals surface area contributed by atoms with Crippen LogP contribution in [0.3, 0.4) is 0 Å². The second kappa shape index (κ2) is 9.20. The summed E-state index contributed by atoms with van der Waals surface area (Å²) in [6, 6.07) is 16.5. The Kier molecular flexibility index (Phi) is 6.20. The molecule has 0 fully saturated rings. The molecule has 0 saturated heterocycles. The van der Waals surface area contributed by atoms with E-state index in [2.05, 4.69) is 26.5 Å². The van der Waals surface area contributed by atoms with Crippen molar-refractivity contribution in [1.29, 1.82) is 0 Å². The van der Waals surface area contributed by atoms with Gasteiger partial charge in [-0.05, 0) is 48.5 Å². The molecule has 0 radical (unpaired) electrons. The van der Waals surface area contributed by atoms with Crippen LogP contribution in [-0.4, -0.2) is 24.9 Å². The highest BCUT2D eigenvalue weighted by molar-refractivity contribution is 9.10. The molecule has 0 bridgehead atoms. The molecule has 0 unspecified atom stereocenters. The van der Waals surface area contributed by atoms with Gasteiger partial charge in [0.15, 0.2) is 11.5 Å². The lowest BCUT2D eigenvalue weighted by Crippen LogP contribution is -2.17. The third-order valence-corrected chi connectivity index (χ3v) is 5.10. The molecule has 31 heavy (non-hydrogen) atoms. The average molecular weight is 502 g/mol. The van der Waals surface area contributed by atoms with Gasteiger partial charge < -0.3 is 14.2 Å². The van der Waals surface area contributed by atoms with Gasteiger partial charge in [-0.2, -0.15) is 5.10 Å². The quantitative estimate of drug-likeness (QED) is 0.235. The summed E-state index contributed by atoms with van der Waals surface area (Å²) in [4.78, 5) is 24.8. The van der Waals surface area contributed by atoms with E-state index in [4.69, 9.17) is 25.8 Å². The summed E-state index contributed by atoms with van der Waals surface area (Å²) in [6.45, 7) is 0.122. The zero-order chi connectivity index (χ0) is 21.8. The number of hydrazone groups is 1. The number of ether oxygens (including phenoxy) is 3. The molecule has 1 heterocycles. The summed E-state index contributed by atoms with van der Waals surface area (Å²) in [7, 11) is 0. The maximum Gasteiger partial charge on any atom is 0.345 e. The van der Waals surface area contributed by atoms with Crippen molar-refractivity contribution >= 4 is 45.6 Å². The summed E-state index contributed by atoms with van der Waals surface area (Å²) in [5, 5.41) is 4.26. The number of rotatable bonds is 5. The number of hydrogen-bond donors (Lipinski definition) is 1. The Labute approximate surface area is 190 Å². The van der Waals surface area contributed by atoms with Gasteiger partial charge >= 0.3 is 5.97 Å². The molecular weight excluding hydrogens is 488 g/mol. The van der Waals surface area contributed by atoms with Gasteiger partial charge in [0.1, 0.15) is 5.75 Å². The minimum atomic E-state index is -0.605. The maximum atomic E-state index is 12.5. The largest absolute Gasteiger partial charge is 0.454 e. The SMILES string of the molecule is O=C(NN=Cc1cc(Br)ccc1OC(=O)c1ccccc1Cl)c1ccc2c(c1)OCO2. The van der Waals surface area contributed by atoms with Crippen molar-refractivity contribution in [2.75, 3.05) is 6.79 Å². The zero-order valence-electron chi connectivity index (χ0n) is 15.8. The van der Waals surface area contributed by atoms with E-state index >= 15 is 0 Å². The van der Waals surface area contributed by atoms with Crippen LogP contribution >= 0.6 is 27.5 Å². The molecule has 1 amide bonds. The summed E-state index contributed by atoms with van der Waals surface area (Å²) in [5.74, 6) is 0.303. The Hall–Kier alpha value is -3.36. The lowest BCUT2D eigenvalue weighted by Gasteiger charge is -2.09. The fraction of sp³-hybridized carbons (Fsp3) is 0.0455. The van der Waals surface area contributed by atoms with Gasteiger partial charge in [0.25, 0.3) is 5.91 Å². The third kappa shape index (κ3) is 4.87. The van der Waals surface area contributed by atoms with Gasteiger partial charge in [0.2, 0.25) is 6.79 Å². The molecule has 3 aromatic rings. The van der Waals surface area contributed by atoms with Gasteiger partial charge in [0.05, 0.1) is 16.8 Å². The highest BCUT2D eigenvalue weighted by Crippen LogP contribution is 2.32. The standard InChI is InChI=1S/C22H14BrClN2O5/c23-15-6-8-18(31-22(28)16-3-1-2-4-17(16)24)14(9-15)11-25-26-21(27)13-5-7-19-20(10-13)30-12-29-19/h1-11H,12H2,(H,26,27). The fourth-order valence-corrected chi connectivity index (χ4v) is 3.35. The number of nitrogens with zero attached hydrogens (tertiary/aromatic N) is 1. The highest BCUT2D eigenvalue weighted by Gasteiger charge is 2.17. The van der Waals surface area contributed by atoms with E-state index in [-0.39, 0.29) is 23.1 Å². The molecule has 1 N–H and O–H groups in total. The molecule has 0 spiro atoms. The number of hydrogen-bond acceptors (Lipinski definition) is 6. The van der Waals surface area contributed by atoms with E-state index in [1.807, 2.05) is 0 Å². The average Bonchev–Trinajstić information content (AvgIpc) is 3.23. The van der Waals surface area contributed by atoms with Gasteiger partial charge in [-0.25, -0.2) is 10.2 Å². The third-order valence-electron chi connectivity index (χ3n) is 4.27. The predicted molar refractivity (Wildman–Crippen MR) is 118 cm³/mol. The molecular formula is C22H14BrClN2O5. The Morgan fingerprint density at radius 1 is 1.06 bits per heavy atom. The van der Waals surface area contributed by atoms with Gasteiger partial charge in [-0.15, -0.1) is 0 Å². The van der Waals surface area contributed by atoms with E-state index in [0.29, 0.717) is 22.6 Å². The summed E-state index contributed by atoms with van der Waals surface area (Å²) in [5.41, 5.74) is 3.51. The number of amides is 1. The Balaban J connectivity index is 1.48. The van der Waals surface area contributed by atoms with E-state index < -0.39 is 11.9 Å². The smallest absolute Gasteiger partial charge is 0.345 e. The number of halogens is 2. The molecule has 0 aliphatic carbocycles. The first-order valence-electron chi connectivity index (χ1n) is 9.00. The van der Waals surface area contributed by atoms with E-state index in [1.54, 1.807) is 60.7 Å². The lowest BCUT2D eigenvalue weighted by molar-refractivity contribution is 0.0734. The van der Waals surface area contributed by atoms with Crippen LogP contribution < -0.4 is 19.6 Å². The van der Waals surface area contributed by atoms with Crippen LogP contribution in [0.2, 0.25) is 5.02 Å². The number of carbonyl (C=O) groups excluding carboxylic acids is 2. The monoisotopic (exact) mass is 500 g/mol. The van der Waals surface area contributed by atoms with Crippen LogP contribution in [0.25, 0.3) is 0 Å². The van der Waals surface area contributed by atoms with Crippen molar-refractivity contribution in [3.8, 4) is 17.2 Å². The second-order valence-electron chi connectivity index (χ2n) is 6.32. The number of carbonyl (C=O) groups is 2. The van der Waals surface area contributed by atoms with Crippen LogP contribution in [0, 0.1) is 0 Å². The van der Waals surface area contributed by atoms with Crippen LogP contribution in [0.1, 0.15) is 26.3 Å². The van der Waals surface area contributed by atoms with Crippen LogP contribution in [0.15, 0.2) is 70.2 Å². The van der Waals surface area contributed by atoms with Crippen molar-refractivity contribution in [3.63, 3.8) is 0 Å². The Bertz CT molecular complexity index is 1200.